The number of hydrogen-bond acceptors (Lipinski definition) is 5. The van der Waals surface area contributed by atoms with Crippen LogP contribution in [0.15, 0.2) is 42.5 Å². The zero-order valence-corrected chi connectivity index (χ0v) is 16.0. The largest absolute Gasteiger partial charge is 0.322 e. The number of fused-ring (bicyclic) bond motifs is 1. The molecule has 0 fully saturated rings. The molecule has 142 valence electrons. The fourth-order valence-electron chi connectivity index (χ4n) is 3.10. The summed E-state index contributed by atoms with van der Waals surface area (Å²) in [4.78, 5) is 31.3. The van der Waals surface area contributed by atoms with Crippen molar-refractivity contribution in [3.8, 4) is 0 Å². The first-order valence-corrected chi connectivity index (χ1v) is 10.6. The Morgan fingerprint density at radius 2 is 1.96 bits per heavy atom. The molecule has 27 heavy (non-hydrogen) atoms. The predicted molar refractivity (Wildman–Crippen MR) is 102 cm³/mol. The van der Waals surface area contributed by atoms with E-state index in [1.807, 2.05) is 12.1 Å². The van der Waals surface area contributed by atoms with Gasteiger partial charge in [0.1, 0.15) is 21.7 Å². The maximum Gasteiger partial charge on any atom is 0.255 e. The highest BCUT2D eigenvalue weighted by Crippen LogP contribution is 2.26. The molecule has 2 heterocycles. The second kappa shape index (κ2) is 7.48. The number of hydrogen-bond donors (Lipinski definition) is 1. The van der Waals surface area contributed by atoms with Gasteiger partial charge in [-0.15, -0.1) is 0 Å². The Balaban J connectivity index is 1.85. The highest BCUT2D eigenvalue weighted by atomic mass is 32.2. The number of amides is 2. The number of sulfone groups is 1. The zero-order valence-electron chi connectivity index (χ0n) is 15.2. The minimum atomic E-state index is -3.28. The van der Waals surface area contributed by atoms with Crippen molar-refractivity contribution in [3.63, 3.8) is 0 Å². The maximum atomic E-state index is 12.9. The Kier molecular flexibility index (Phi) is 5.27. The summed E-state index contributed by atoms with van der Waals surface area (Å²) in [6.07, 6.45) is 1.14. The van der Waals surface area contributed by atoms with Crippen molar-refractivity contribution < 1.29 is 18.0 Å². The highest BCUT2D eigenvalue weighted by molar-refractivity contribution is 7.90. The lowest BCUT2D eigenvalue weighted by atomic mass is 10.1. The van der Waals surface area contributed by atoms with Gasteiger partial charge in [-0.25, -0.2) is 13.4 Å². The van der Waals surface area contributed by atoms with Crippen molar-refractivity contribution in [2.75, 3.05) is 17.3 Å². The molecule has 1 N–H and O–H groups in total. The van der Waals surface area contributed by atoms with E-state index in [-0.39, 0.29) is 24.6 Å². The van der Waals surface area contributed by atoms with Crippen LogP contribution in [0.3, 0.4) is 0 Å². The number of carbonyl (C=O) groups is 2. The molecule has 0 bridgehead atoms. The van der Waals surface area contributed by atoms with Crippen molar-refractivity contribution >= 4 is 27.5 Å². The lowest BCUT2D eigenvalue weighted by Gasteiger charge is -2.26. The highest BCUT2D eigenvalue weighted by Gasteiger charge is 2.36. The molecule has 8 heteroatoms. The average molecular weight is 387 g/mol. The normalized spacial score (nSPS) is 14.7. The van der Waals surface area contributed by atoms with Crippen molar-refractivity contribution in [2.24, 2.45) is 0 Å². The summed E-state index contributed by atoms with van der Waals surface area (Å²) in [5.41, 5.74) is 2.11. The summed E-state index contributed by atoms with van der Waals surface area (Å²) in [6, 6.07) is 11.5. The van der Waals surface area contributed by atoms with Crippen LogP contribution >= 0.6 is 0 Å². The van der Waals surface area contributed by atoms with Gasteiger partial charge in [0.15, 0.2) is 0 Å². The summed E-state index contributed by atoms with van der Waals surface area (Å²) < 4.78 is 23.3. The van der Waals surface area contributed by atoms with Crippen molar-refractivity contribution in [3.05, 3.63) is 59.3 Å². The molecule has 0 radical (unpaired) electrons. The number of rotatable bonds is 6. The van der Waals surface area contributed by atoms with Gasteiger partial charge in [-0.1, -0.05) is 24.3 Å². The molecule has 1 unspecified atom stereocenters. The van der Waals surface area contributed by atoms with E-state index in [0.29, 0.717) is 11.4 Å². The standard InChI is InChI=1S/C19H21N3O4S/c1-13-6-5-9-17(20-13)21-18(23)16(10-11-27(2,25)26)22-12-14-7-3-4-8-15(14)19(22)24/h3-9,16H,10-12H2,1-2H3,(H,20,21,23). The van der Waals surface area contributed by atoms with E-state index in [4.69, 9.17) is 0 Å². The van der Waals surface area contributed by atoms with Crippen LogP contribution < -0.4 is 5.32 Å². The fourth-order valence-corrected chi connectivity index (χ4v) is 3.76. The summed E-state index contributed by atoms with van der Waals surface area (Å²) >= 11 is 0. The summed E-state index contributed by atoms with van der Waals surface area (Å²) in [5, 5.41) is 2.70. The van der Waals surface area contributed by atoms with E-state index in [2.05, 4.69) is 10.3 Å². The van der Waals surface area contributed by atoms with E-state index in [1.165, 1.54) is 4.90 Å². The molecule has 1 atom stereocenters. The molecule has 1 aliphatic rings. The minimum absolute atomic E-state index is 0.0240. The molecule has 0 aliphatic carbocycles. The van der Waals surface area contributed by atoms with Crippen molar-refractivity contribution in [1.29, 1.82) is 0 Å². The summed E-state index contributed by atoms with van der Waals surface area (Å²) in [7, 11) is -3.28. The van der Waals surface area contributed by atoms with Crippen LogP contribution in [0, 0.1) is 6.92 Å². The molecular formula is C19H21N3O4S. The van der Waals surface area contributed by atoms with Crippen molar-refractivity contribution in [2.45, 2.75) is 25.9 Å². The molecule has 0 spiro atoms. The Morgan fingerprint density at radius 1 is 1.22 bits per heavy atom. The molecule has 7 nitrogen and oxygen atoms in total. The molecule has 1 aliphatic heterocycles. The van der Waals surface area contributed by atoms with Crippen LogP contribution in [0.2, 0.25) is 0 Å². The number of anilines is 1. The zero-order chi connectivity index (χ0) is 19.6. The van der Waals surface area contributed by atoms with Gasteiger partial charge in [-0.2, -0.15) is 0 Å². The van der Waals surface area contributed by atoms with Gasteiger partial charge >= 0.3 is 0 Å². The third kappa shape index (κ3) is 4.51. The number of carbonyl (C=O) groups excluding carboxylic acids is 2. The number of nitrogens with zero attached hydrogens (tertiary/aromatic N) is 2. The smallest absolute Gasteiger partial charge is 0.255 e. The average Bonchev–Trinajstić information content (AvgIpc) is 2.91. The van der Waals surface area contributed by atoms with Crippen LogP contribution in [0.5, 0.6) is 0 Å². The molecular weight excluding hydrogens is 366 g/mol. The number of benzene rings is 1. The quantitative estimate of drug-likeness (QED) is 0.815. The molecule has 2 amide bonds. The van der Waals surface area contributed by atoms with Crippen LogP contribution in [-0.4, -0.2) is 48.2 Å². The van der Waals surface area contributed by atoms with E-state index < -0.39 is 21.8 Å². The monoisotopic (exact) mass is 387 g/mol. The molecule has 2 aromatic rings. The van der Waals surface area contributed by atoms with E-state index >= 15 is 0 Å². The second-order valence-electron chi connectivity index (χ2n) is 6.68. The number of nitrogens with one attached hydrogen (secondary N) is 1. The Morgan fingerprint density at radius 3 is 2.63 bits per heavy atom. The third-order valence-electron chi connectivity index (χ3n) is 4.43. The van der Waals surface area contributed by atoms with Crippen LogP contribution in [0.4, 0.5) is 5.82 Å². The van der Waals surface area contributed by atoms with E-state index in [1.54, 1.807) is 37.3 Å². The van der Waals surface area contributed by atoms with Crippen molar-refractivity contribution in [1.82, 2.24) is 9.88 Å². The Hall–Kier alpha value is -2.74. The van der Waals surface area contributed by atoms with Crippen LogP contribution in [0.25, 0.3) is 0 Å². The molecule has 3 rings (SSSR count). The lowest BCUT2D eigenvalue weighted by molar-refractivity contribution is -0.120. The Bertz CT molecular complexity index is 988. The summed E-state index contributed by atoms with van der Waals surface area (Å²) in [5.74, 6) is -0.533. The molecule has 1 aromatic carbocycles. The van der Waals surface area contributed by atoms with Gasteiger partial charge in [0.05, 0.1) is 5.75 Å². The number of aromatic nitrogens is 1. The van der Waals surface area contributed by atoms with Gasteiger partial charge in [-0.3, -0.25) is 9.59 Å². The van der Waals surface area contributed by atoms with Gasteiger partial charge in [0.25, 0.3) is 5.91 Å². The van der Waals surface area contributed by atoms with Crippen LogP contribution in [-0.2, 0) is 21.2 Å². The molecule has 0 saturated carbocycles. The minimum Gasteiger partial charge on any atom is -0.322 e. The fraction of sp³-hybridized carbons (Fsp3) is 0.316. The molecule has 1 aromatic heterocycles. The predicted octanol–water partition coefficient (Wildman–Crippen LogP) is 1.79. The van der Waals surface area contributed by atoms with Crippen LogP contribution in [0.1, 0.15) is 28.0 Å². The van der Waals surface area contributed by atoms with Gasteiger partial charge in [0, 0.05) is 24.1 Å². The topological polar surface area (TPSA) is 96.4 Å². The third-order valence-corrected chi connectivity index (χ3v) is 5.41. The first kappa shape index (κ1) is 19.0. The number of pyridine rings is 1. The maximum absolute atomic E-state index is 12.9. The summed E-state index contributed by atoms with van der Waals surface area (Å²) in [6.45, 7) is 2.08. The number of aryl methyl sites for hydroxylation is 1. The molecule has 0 saturated heterocycles. The lowest BCUT2D eigenvalue weighted by Crippen LogP contribution is -2.45. The second-order valence-corrected chi connectivity index (χ2v) is 8.94. The first-order valence-electron chi connectivity index (χ1n) is 8.56. The Labute approximate surface area is 158 Å². The van der Waals surface area contributed by atoms with Gasteiger partial charge < -0.3 is 10.2 Å². The first-order chi connectivity index (χ1) is 12.7. The SMILES string of the molecule is Cc1cccc(NC(=O)C(CCS(C)(=O)=O)N2Cc3ccccc3C2=O)n1. The van der Waals surface area contributed by atoms with E-state index in [9.17, 15) is 18.0 Å². The van der Waals surface area contributed by atoms with Gasteiger partial charge in [0.2, 0.25) is 5.91 Å². The van der Waals surface area contributed by atoms with E-state index in [0.717, 1.165) is 17.5 Å². The van der Waals surface area contributed by atoms with Gasteiger partial charge in [-0.05, 0) is 37.1 Å².